The Labute approximate surface area is 128 Å². The first-order valence-corrected chi connectivity index (χ1v) is 7.42. The molecule has 0 fully saturated rings. The number of hydrogen-bond donors (Lipinski definition) is 1. The van der Waals surface area contributed by atoms with E-state index in [4.69, 9.17) is 4.74 Å². The number of amides is 1. The third-order valence-corrected chi connectivity index (χ3v) is 3.43. The zero-order valence-electron chi connectivity index (χ0n) is 14.1. The van der Waals surface area contributed by atoms with Crippen LogP contribution >= 0.6 is 0 Å². The Morgan fingerprint density at radius 2 is 2.05 bits per heavy atom. The molecule has 1 rings (SSSR count). The van der Waals surface area contributed by atoms with Crippen LogP contribution < -0.4 is 10.1 Å². The van der Waals surface area contributed by atoms with Gasteiger partial charge in [0, 0.05) is 20.1 Å². The van der Waals surface area contributed by atoms with Gasteiger partial charge in [-0.1, -0.05) is 32.9 Å². The normalized spacial score (nSPS) is 12.9. The molecule has 0 aliphatic rings. The van der Waals surface area contributed by atoms with Crippen molar-refractivity contribution >= 4 is 5.91 Å². The number of carbonyl (C=O) groups is 1. The van der Waals surface area contributed by atoms with Gasteiger partial charge in [0.05, 0.1) is 0 Å². The first-order valence-electron chi connectivity index (χ1n) is 7.42. The molecular weight excluding hydrogens is 264 g/mol. The lowest BCUT2D eigenvalue weighted by Crippen LogP contribution is -2.40. The SMILES string of the molecule is CNCCN(C)C(=O)C(C)Oc1cccc(C(C)(C)C)c1. The minimum absolute atomic E-state index is 0.00795. The first kappa shape index (κ1) is 17.5. The summed E-state index contributed by atoms with van der Waals surface area (Å²) in [5, 5.41) is 3.03. The van der Waals surface area contributed by atoms with E-state index in [9.17, 15) is 4.79 Å². The van der Waals surface area contributed by atoms with Gasteiger partial charge < -0.3 is 15.0 Å². The van der Waals surface area contributed by atoms with E-state index in [0.29, 0.717) is 6.54 Å². The third kappa shape index (κ3) is 5.38. The Morgan fingerprint density at radius 3 is 2.62 bits per heavy atom. The lowest BCUT2D eigenvalue weighted by atomic mass is 9.87. The summed E-state index contributed by atoms with van der Waals surface area (Å²) in [5.41, 5.74) is 1.26. The van der Waals surface area contributed by atoms with Crippen molar-refractivity contribution in [1.29, 1.82) is 0 Å². The second-order valence-electron chi connectivity index (χ2n) is 6.40. The average molecular weight is 292 g/mol. The summed E-state index contributed by atoms with van der Waals surface area (Å²) in [4.78, 5) is 13.9. The summed E-state index contributed by atoms with van der Waals surface area (Å²) in [6, 6.07) is 7.96. The molecule has 0 aromatic heterocycles. The van der Waals surface area contributed by atoms with Crippen LogP contribution in [0.4, 0.5) is 0 Å². The molecule has 0 saturated heterocycles. The minimum atomic E-state index is -0.484. The van der Waals surface area contributed by atoms with Gasteiger partial charge in [-0.2, -0.15) is 0 Å². The van der Waals surface area contributed by atoms with Gasteiger partial charge in [-0.25, -0.2) is 0 Å². The summed E-state index contributed by atoms with van der Waals surface area (Å²) < 4.78 is 5.80. The quantitative estimate of drug-likeness (QED) is 0.875. The van der Waals surface area contributed by atoms with E-state index in [1.807, 2.05) is 25.2 Å². The molecule has 0 aliphatic heterocycles. The summed E-state index contributed by atoms with van der Waals surface area (Å²) >= 11 is 0. The fourth-order valence-electron chi connectivity index (χ4n) is 1.99. The number of nitrogens with one attached hydrogen (secondary N) is 1. The fraction of sp³-hybridized carbons (Fsp3) is 0.588. The lowest BCUT2D eigenvalue weighted by Gasteiger charge is -2.23. The summed E-state index contributed by atoms with van der Waals surface area (Å²) in [6.45, 7) is 9.71. The van der Waals surface area contributed by atoms with E-state index >= 15 is 0 Å². The Kier molecular flexibility index (Phi) is 6.21. The maximum Gasteiger partial charge on any atom is 0.263 e. The molecule has 4 nitrogen and oxygen atoms in total. The van der Waals surface area contributed by atoms with Crippen LogP contribution in [-0.2, 0) is 10.2 Å². The Bertz CT molecular complexity index is 466. The first-order chi connectivity index (χ1) is 9.75. The number of nitrogens with zero attached hydrogens (tertiary/aromatic N) is 1. The second kappa shape index (κ2) is 7.46. The van der Waals surface area contributed by atoms with Crippen LogP contribution in [0.2, 0.25) is 0 Å². The predicted octanol–water partition coefficient (Wildman–Crippen LogP) is 2.43. The number of ether oxygens (including phenoxy) is 1. The van der Waals surface area contributed by atoms with Crippen LogP contribution in [0.3, 0.4) is 0 Å². The van der Waals surface area contributed by atoms with Crippen molar-refractivity contribution in [3.05, 3.63) is 29.8 Å². The smallest absolute Gasteiger partial charge is 0.263 e. The van der Waals surface area contributed by atoms with Crippen LogP contribution in [0.25, 0.3) is 0 Å². The van der Waals surface area contributed by atoms with Crippen LogP contribution in [0.5, 0.6) is 5.75 Å². The Balaban J connectivity index is 2.70. The molecule has 118 valence electrons. The number of carbonyl (C=O) groups excluding carboxylic acids is 1. The Hall–Kier alpha value is -1.55. The molecule has 0 aliphatic carbocycles. The molecule has 1 aromatic carbocycles. The van der Waals surface area contributed by atoms with Gasteiger partial charge >= 0.3 is 0 Å². The lowest BCUT2D eigenvalue weighted by molar-refractivity contribution is -0.136. The molecule has 0 radical (unpaired) electrons. The molecule has 0 spiro atoms. The van der Waals surface area contributed by atoms with E-state index in [1.165, 1.54) is 5.56 Å². The Morgan fingerprint density at radius 1 is 1.38 bits per heavy atom. The van der Waals surface area contributed by atoms with E-state index in [0.717, 1.165) is 12.3 Å². The van der Waals surface area contributed by atoms with Gasteiger partial charge in [-0.05, 0) is 37.1 Å². The van der Waals surface area contributed by atoms with Gasteiger partial charge in [0.1, 0.15) is 5.75 Å². The summed E-state index contributed by atoms with van der Waals surface area (Å²) in [6.07, 6.45) is -0.484. The van der Waals surface area contributed by atoms with Crippen molar-refractivity contribution in [2.24, 2.45) is 0 Å². The zero-order chi connectivity index (χ0) is 16.0. The van der Waals surface area contributed by atoms with Crippen molar-refractivity contribution < 1.29 is 9.53 Å². The van der Waals surface area contributed by atoms with E-state index < -0.39 is 6.10 Å². The average Bonchev–Trinajstić information content (AvgIpc) is 2.43. The largest absolute Gasteiger partial charge is 0.481 e. The van der Waals surface area contributed by atoms with Crippen LogP contribution in [0.1, 0.15) is 33.3 Å². The van der Waals surface area contributed by atoms with Crippen molar-refractivity contribution in [3.8, 4) is 5.75 Å². The van der Waals surface area contributed by atoms with E-state index in [-0.39, 0.29) is 11.3 Å². The van der Waals surface area contributed by atoms with Crippen molar-refractivity contribution in [2.45, 2.75) is 39.2 Å². The topological polar surface area (TPSA) is 41.6 Å². The predicted molar refractivity (Wildman–Crippen MR) is 86.8 cm³/mol. The van der Waals surface area contributed by atoms with Gasteiger partial charge in [0.25, 0.3) is 5.91 Å². The summed E-state index contributed by atoms with van der Waals surface area (Å²) in [5.74, 6) is 0.733. The fourth-order valence-corrected chi connectivity index (χ4v) is 1.99. The molecule has 1 aromatic rings. The zero-order valence-corrected chi connectivity index (χ0v) is 14.1. The molecule has 0 bridgehead atoms. The highest BCUT2D eigenvalue weighted by Crippen LogP contribution is 2.26. The van der Waals surface area contributed by atoms with Crippen LogP contribution in [-0.4, -0.2) is 44.1 Å². The highest BCUT2D eigenvalue weighted by Gasteiger charge is 2.20. The second-order valence-corrected chi connectivity index (χ2v) is 6.40. The van der Waals surface area contributed by atoms with Gasteiger partial charge in [0.2, 0.25) is 0 Å². The molecule has 0 heterocycles. The van der Waals surface area contributed by atoms with Crippen LogP contribution in [0.15, 0.2) is 24.3 Å². The van der Waals surface area contributed by atoms with Crippen molar-refractivity contribution in [3.63, 3.8) is 0 Å². The van der Waals surface area contributed by atoms with E-state index in [2.05, 4.69) is 32.2 Å². The van der Waals surface area contributed by atoms with Crippen molar-refractivity contribution in [2.75, 3.05) is 27.2 Å². The molecular formula is C17H28N2O2. The maximum atomic E-state index is 12.2. The van der Waals surface area contributed by atoms with Gasteiger partial charge in [0.15, 0.2) is 6.10 Å². The van der Waals surface area contributed by atoms with Crippen LogP contribution in [0, 0.1) is 0 Å². The van der Waals surface area contributed by atoms with E-state index in [1.54, 1.807) is 18.9 Å². The van der Waals surface area contributed by atoms with Gasteiger partial charge in [-0.3, -0.25) is 4.79 Å². The third-order valence-electron chi connectivity index (χ3n) is 3.43. The highest BCUT2D eigenvalue weighted by atomic mass is 16.5. The molecule has 0 saturated carbocycles. The number of likely N-dealkylation sites (N-methyl/N-ethyl adjacent to an activating group) is 2. The summed E-state index contributed by atoms with van der Waals surface area (Å²) in [7, 11) is 3.67. The highest BCUT2D eigenvalue weighted by molar-refractivity contribution is 5.80. The number of benzene rings is 1. The monoisotopic (exact) mass is 292 g/mol. The molecule has 1 N–H and O–H groups in total. The molecule has 1 amide bonds. The maximum absolute atomic E-state index is 12.2. The molecule has 4 heteroatoms. The molecule has 1 unspecified atom stereocenters. The van der Waals surface area contributed by atoms with Crippen molar-refractivity contribution in [1.82, 2.24) is 10.2 Å². The standard InChI is InChI=1S/C17H28N2O2/c1-13(16(20)19(6)11-10-18-5)21-15-9-7-8-14(12-15)17(2,3)4/h7-9,12-13,18H,10-11H2,1-6H3. The number of rotatable bonds is 6. The molecule has 1 atom stereocenters. The number of hydrogen-bond acceptors (Lipinski definition) is 3. The molecule has 21 heavy (non-hydrogen) atoms. The minimum Gasteiger partial charge on any atom is -0.481 e. The van der Waals surface area contributed by atoms with Gasteiger partial charge in [-0.15, -0.1) is 0 Å².